The standard InChI is InChI=1S/C17H19N5OS/c23-17(14-9-13(21-22-14)11-5-7-18-10-11)19-8-6-16-20-12-3-1-2-4-15(12)24-16/h1-4,9,11,18H,5-8,10H2,(H,19,23)(H,21,22). The molecule has 3 N–H and O–H groups in total. The summed E-state index contributed by atoms with van der Waals surface area (Å²) >= 11 is 1.67. The maximum Gasteiger partial charge on any atom is 0.271 e. The average molecular weight is 341 g/mol. The zero-order valence-electron chi connectivity index (χ0n) is 13.2. The van der Waals surface area contributed by atoms with E-state index in [1.165, 1.54) is 4.70 Å². The summed E-state index contributed by atoms with van der Waals surface area (Å²) in [4.78, 5) is 16.8. The van der Waals surface area contributed by atoms with Crippen LogP contribution in [-0.4, -0.2) is 40.7 Å². The van der Waals surface area contributed by atoms with E-state index in [0.717, 1.165) is 42.1 Å². The molecule has 1 amide bonds. The third kappa shape index (κ3) is 3.18. The molecular weight excluding hydrogens is 322 g/mol. The highest BCUT2D eigenvalue weighted by Gasteiger charge is 2.20. The molecule has 1 saturated heterocycles. The van der Waals surface area contributed by atoms with Gasteiger partial charge in [-0.15, -0.1) is 11.3 Å². The molecule has 3 heterocycles. The third-order valence-electron chi connectivity index (χ3n) is 4.29. The van der Waals surface area contributed by atoms with Crippen LogP contribution in [0.15, 0.2) is 30.3 Å². The number of hydrogen-bond acceptors (Lipinski definition) is 5. The van der Waals surface area contributed by atoms with Crippen molar-refractivity contribution < 1.29 is 4.79 Å². The van der Waals surface area contributed by atoms with Crippen LogP contribution in [0, 0.1) is 0 Å². The number of carbonyl (C=O) groups excluding carboxylic acids is 1. The molecule has 1 atom stereocenters. The number of aromatic nitrogens is 3. The fourth-order valence-corrected chi connectivity index (χ4v) is 3.95. The second-order valence-corrected chi connectivity index (χ2v) is 7.09. The Bertz CT molecular complexity index is 816. The number of hydrogen-bond donors (Lipinski definition) is 3. The number of H-pyrrole nitrogens is 1. The van der Waals surface area contributed by atoms with E-state index in [2.05, 4.69) is 31.9 Å². The number of para-hydroxylation sites is 1. The maximum atomic E-state index is 12.2. The number of carbonyl (C=O) groups is 1. The molecule has 0 spiro atoms. The number of fused-ring (bicyclic) bond motifs is 1. The zero-order chi connectivity index (χ0) is 16.4. The Morgan fingerprint density at radius 1 is 1.38 bits per heavy atom. The Morgan fingerprint density at radius 3 is 3.12 bits per heavy atom. The number of thiazole rings is 1. The number of amides is 1. The van der Waals surface area contributed by atoms with Crippen molar-refractivity contribution in [2.45, 2.75) is 18.8 Å². The zero-order valence-corrected chi connectivity index (χ0v) is 14.0. The smallest absolute Gasteiger partial charge is 0.271 e. The first-order valence-corrected chi connectivity index (χ1v) is 9.00. The van der Waals surface area contributed by atoms with Crippen LogP contribution < -0.4 is 10.6 Å². The molecule has 0 saturated carbocycles. The minimum atomic E-state index is -0.135. The van der Waals surface area contributed by atoms with Crippen molar-refractivity contribution in [1.29, 1.82) is 0 Å². The van der Waals surface area contributed by atoms with Crippen LogP contribution >= 0.6 is 11.3 Å². The van der Waals surface area contributed by atoms with Gasteiger partial charge in [-0.05, 0) is 31.2 Å². The van der Waals surface area contributed by atoms with Gasteiger partial charge in [0.05, 0.1) is 15.2 Å². The summed E-state index contributed by atoms with van der Waals surface area (Å²) in [5.74, 6) is 0.298. The number of aromatic amines is 1. The van der Waals surface area contributed by atoms with Gasteiger partial charge in [0.15, 0.2) is 0 Å². The molecule has 6 nitrogen and oxygen atoms in total. The van der Waals surface area contributed by atoms with Gasteiger partial charge in [0.2, 0.25) is 0 Å². The largest absolute Gasteiger partial charge is 0.350 e. The van der Waals surface area contributed by atoms with Crippen molar-refractivity contribution in [3.63, 3.8) is 0 Å². The highest BCUT2D eigenvalue weighted by Crippen LogP contribution is 2.22. The SMILES string of the molecule is O=C(NCCc1nc2ccccc2s1)c1cc(C2CCNC2)[nH]n1. The molecule has 1 aliphatic heterocycles. The summed E-state index contributed by atoms with van der Waals surface area (Å²) in [7, 11) is 0. The lowest BCUT2D eigenvalue weighted by atomic mass is 10.1. The second kappa shape index (κ2) is 6.70. The molecule has 7 heteroatoms. The Kier molecular flexibility index (Phi) is 4.27. The first-order chi connectivity index (χ1) is 11.8. The lowest BCUT2D eigenvalue weighted by Crippen LogP contribution is -2.26. The monoisotopic (exact) mass is 341 g/mol. The summed E-state index contributed by atoms with van der Waals surface area (Å²) in [6, 6.07) is 9.95. The van der Waals surface area contributed by atoms with Gasteiger partial charge in [-0.3, -0.25) is 9.89 Å². The Morgan fingerprint density at radius 2 is 2.29 bits per heavy atom. The summed E-state index contributed by atoms with van der Waals surface area (Å²) in [6.07, 6.45) is 1.82. The molecule has 0 bridgehead atoms. The minimum absolute atomic E-state index is 0.135. The maximum absolute atomic E-state index is 12.2. The van der Waals surface area contributed by atoms with Crippen molar-refractivity contribution in [2.75, 3.05) is 19.6 Å². The van der Waals surface area contributed by atoms with Crippen LogP contribution in [0.1, 0.15) is 33.5 Å². The highest BCUT2D eigenvalue weighted by atomic mass is 32.1. The van der Waals surface area contributed by atoms with Gasteiger partial charge in [0, 0.05) is 31.1 Å². The quantitative estimate of drug-likeness (QED) is 0.663. The van der Waals surface area contributed by atoms with Crippen molar-refractivity contribution in [3.05, 3.63) is 46.7 Å². The summed E-state index contributed by atoms with van der Waals surface area (Å²) in [5, 5.41) is 14.4. The molecule has 1 aliphatic rings. The summed E-state index contributed by atoms with van der Waals surface area (Å²) < 4.78 is 1.18. The Balaban J connectivity index is 1.33. The van der Waals surface area contributed by atoms with Crippen molar-refractivity contribution >= 4 is 27.5 Å². The second-order valence-electron chi connectivity index (χ2n) is 5.98. The Hall–Kier alpha value is -2.25. The van der Waals surface area contributed by atoms with E-state index in [4.69, 9.17) is 0 Å². The molecular formula is C17H19N5OS. The van der Waals surface area contributed by atoms with Gasteiger partial charge >= 0.3 is 0 Å². The molecule has 1 aromatic carbocycles. The number of benzene rings is 1. The van der Waals surface area contributed by atoms with E-state index >= 15 is 0 Å². The van der Waals surface area contributed by atoms with Crippen molar-refractivity contribution in [2.24, 2.45) is 0 Å². The van der Waals surface area contributed by atoms with Gasteiger partial charge in [-0.2, -0.15) is 5.10 Å². The van der Waals surface area contributed by atoms with Gasteiger partial charge < -0.3 is 10.6 Å². The number of nitrogens with zero attached hydrogens (tertiary/aromatic N) is 2. The van der Waals surface area contributed by atoms with Crippen LogP contribution in [0.4, 0.5) is 0 Å². The first kappa shape index (κ1) is 15.3. The molecule has 1 unspecified atom stereocenters. The van der Waals surface area contributed by atoms with E-state index in [9.17, 15) is 4.79 Å². The van der Waals surface area contributed by atoms with Gasteiger partial charge in [-0.1, -0.05) is 12.1 Å². The summed E-state index contributed by atoms with van der Waals surface area (Å²) in [6.45, 7) is 2.53. The molecule has 24 heavy (non-hydrogen) atoms. The van der Waals surface area contributed by atoms with E-state index in [1.54, 1.807) is 11.3 Å². The number of nitrogens with one attached hydrogen (secondary N) is 3. The van der Waals surface area contributed by atoms with Gasteiger partial charge in [0.25, 0.3) is 5.91 Å². The molecule has 2 aromatic heterocycles. The molecule has 124 valence electrons. The fraction of sp³-hybridized carbons (Fsp3) is 0.353. The van der Waals surface area contributed by atoms with Crippen LogP contribution in [-0.2, 0) is 6.42 Å². The fourth-order valence-electron chi connectivity index (χ4n) is 2.98. The van der Waals surface area contributed by atoms with Crippen molar-refractivity contribution in [3.8, 4) is 0 Å². The molecule has 3 aromatic rings. The third-order valence-corrected chi connectivity index (χ3v) is 5.39. The molecule has 1 fully saturated rings. The minimum Gasteiger partial charge on any atom is -0.350 e. The van der Waals surface area contributed by atoms with E-state index < -0.39 is 0 Å². The average Bonchev–Trinajstić information content (AvgIpc) is 3.33. The van der Waals surface area contributed by atoms with Crippen LogP contribution in [0.25, 0.3) is 10.2 Å². The van der Waals surface area contributed by atoms with E-state index in [-0.39, 0.29) is 5.91 Å². The first-order valence-electron chi connectivity index (χ1n) is 8.18. The van der Waals surface area contributed by atoms with Gasteiger partial charge in [-0.25, -0.2) is 4.98 Å². The van der Waals surface area contributed by atoms with Crippen molar-refractivity contribution in [1.82, 2.24) is 25.8 Å². The van der Waals surface area contributed by atoms with Crippen LogP contribution in [0.5, 0.6) is 0 Å². The lowest BCUT2D eigenvalue weighted by Gasteiger charge is -2.02. The van der Waals surface area contributed by atoms with E-state index in [0.29, 0.717) is 18.2 Å². The highest BCUT2D eigenvalue weighted by molar-refractivity contribution is 7.18. The predicted octanol–water partition coefficient (Wildman–Crippen LogP) is 2.07. The molecule has 0 aliphatic carbocycles. The van der Waals surface area contributed by atoms with Crippen LogP contribution in [0.3, 0.4) is 0 Å². The summed E-state index contributed by atoms with van der Waals surface area (Å²) in [5.41, 5.74) is 2.52. The predicted molar refractivity (Wildman–Crippen MR) is 94.5 cm³/mol. The van der Waals surface area contributed by atoms with E-state index in [1.807, 2.05) is 24.3 Å². The lowest BCUT2D eigenvalue weighted by molar-refractivity contribution is 0.0949. The Labute approximate surface area is 143 Å². The number of rotatable bonds is 5. The van der Waals surface area contributed by atoms with Crippen LogP contribution in [0.2, 0.25) is 0 Å². The topological polar surface area (TPSA) is 82.7 Å². The normalized spacial score (nSPS) is 17.4. The van der Waals surface area contributed by atoms with Gasteiger partial charge in [0.1, 0.15) is 5.69 Å². The molecule has 0 radical (unpaired) electrons. The molecule has 4 rings (SSSR count).